The van der Waals surface area contributed by atoms with E-state index in [-0.39, 0.29) is 66.9 Å². The van der Waals surface area contributed by atoms with Gasteiger partial charge < -0.3 is 73.6 Å². The molecule has 7 aliphatic heterocycles. The number of urea groups is 2. The van der Waals surface area contributed by atoms with Crippen molar-refractivity contribution in [1.29, 1.82) is 0 Å². The molecule has 0 radical (unpaired) electrons. The van der Waals surface area contributed by atoms with E-state index in [1.165, 1.54) is 0 Å². The van der Waals surface area contributed by atoms with E-state index >= 15 is 0 Å². The van der Waals surface area contributed by atoms with Crippen molar-refractivity contribution in [2.45, 2.75) is 206 Å². The number of nitrogens with two attached hydrogens (primary N) is 1. The number of unbranched alkanes of at least 4 members (excludes halogenated alkanes) is 6. The summed E-state index contributed by atoms with van der Waals surface area (Å²) in [5.41, 5.74) is 6.24. The lowest BCUT2D eigenvalue weighted by molar-refractivity contribution is -0.129. The number of anilines is 3. The number of hydrogen-bond acceptors (Lipinski definition) is 21. The number of hydrogen-bond donors (Lipinski definition) is 13. The highest BCUT2D eigenvalue weighted by Gasteiger charge is 2.44. The maximum Gasteiger partial charge on any atom is 0.315 e. The molecule has 510 valence electrons. The molecule has 0 bridgehead atoms. The van der Waals surface area contributed by atoms with Gasteiger partial charge in [0.25, 0.3) is 20.2 Å². The fourth-order valence-electron chi connectivity index (χ4n) is 12.6. The van der Waals surface area contributed by atoms with Crippen LogP contribution in [0, 0.1) is 0 Å². The van der Waals surface area contributed by atoms with Crippen LogP contribution in [0.4, 0.5) is 27.4 Å². The molecule has 91 heavy (non-hydrogen) atoms. The lowest BCUT2D eigenvalue weighted by Gasteiger charge is -2.36. The second-order valence-electron chi connectivity index (χ2n) is 24.9. The summed E-state index contributed by atoms with van der Waals surface area (Å²) >= 11 is 3.68. The standard InChI is InChI=1S/C56H93N17O14S4/c57-35-17-25-71(26-18-35)52-68-53(72-27-19-36(20-28-72)60-50(78)40(33-90(82,83)84)62-46(76)15-3-1-9-23-58-44(74)13-7-5-11-42-48-38(31-88-42)64-55(80)66-48)70-54(69-52)73-29-21-37(22-30-73)61-51(79)41(34-91(85,86)87)63-47(77)16-4-2-10-24-59-45(75)14-8-6-12-43-49-39(32-89-43)65-56(81)67-49/h35-43,48-49H,1-34,57H2,(H,58,74)(H,59,75)(H,60,78)(H,61,79)(H,62,76)(H,63,77)(H2,64,66,80)(H2,65,67,81)(H,82,83,84)(H,85,86,87)/t38-,39+,40?,41?,42-,43-,48-,49+/m0/s1. The van der Waals surface area contributed by atoms with Gasteiger partial charge in [0.05, 0.1) is 24.2 Å². The summed E-state index contributed by atoms with van der Waals surface area (Å²) in [4.78, 5) is 122. The van der Waals surface area contributed by atoms with Crippen LogP contribution in [-0.4, -0.2) is 229 Å². The number of piperidine rings is 3. The zero-order chi connectivity index (χ0) is 65.1. The molecular weight excluding hydrogens is 1260 g/mol. The van der Waals surface area contributed by atoms with Crippen molar-refractivity contribution >= 4 is 109 Å². The van der Waals surface area contributed by atoms with Gasteiger partial charge in [-0.2, -0.15) is 55.3 Å². The fraction of sp³-hybridized carbons (Fsp3) is 0.804. The van der Waals surface area contributed by atoms with Crippen LogP contribution in [0.25, 0.3) is 0 Å². The number of carbonyl (C=O) groups excluding carboxylic acids is 8. The topological polar surface area (TPSA) is 440 Å². The van der Waals surface area contributed by atoms with E-state index in [0.717, 1.165) is 62.9 Å². The van der Waals surface area contributed by atoms with Gasteiger partial charge in [-0.05, 0) is 89.9 Å². The molecule has 0 aliphatic carbocycles. The van der Waals surface area contributed by atoms with E-state index in [4.69, 9.17) is 20.7 Å². The Morgan fingerprint density at radius 3 is 1.23 bits per heavy atom. The number of nitrogens with zero attached hydrogens (tertiary/aromatic N) is 6. The molecule has 14 N–H and O–H groups in total. The van der Waals surface area contributed by atoms with Crippen LogP contribution in [0.15, 0.2) is 0 Å². The fourth-order valence-corrected chi connectivity index (χ4v) is 17.0. The number of aromatic nitrogens is 3. The Kier molecular flexibility index (Phi) is 26.9. The first-order valence-corrected chi connectivity index (χ1v) is 37.6. The molecule has 8 rings (SSSR count). The van der Waals surface area contributed by atoms with Crippen molar-refractivity contribution in [1.82, 2.24) is 68.1 Å². The zero-order valence-corrected chi connectivity index (χ0v) is 54.8. The molecule has 0 spiro atoms. The minimum atomic E-state index is -4.68. The van der Waals surface area contributed by atoms with Crippen molar-refractivity contribution in [2.75, 3.05) is 90.1 Å². The molecule has 7 saturated heterocycles. The first-order valence-electron chi connectivity index (χ1n) is 32.3. The molecule has 2 unspecified atom stereocenters. The Balaban J connectivity index is 0.732. The Hall–Kier alpha value is -5.75. The molecule has 8 atom stereocenters. The average molecular weight is 1360 g/mol. The van der Waals surface area contributed by atoms with E-state index in [0.29, 0.717) is 158 Å². The highest BCUT2D eigenvalue weighted by atomic mass is 32.2. The largest absolute Gasteiger partial charge is 0.356 e. The van der Waals surface area contributed by atoms with Crippen LogP contribution < -0.4 is 73.6 Å². The van der Waals surface area contributed by atoms with Crippen LogP contribution in [0.5, 0.6) is 0 Å². The zero-order valence-electron chi connectivity index (χ0n) is 51.6. The third-order valence-electron chi connectivity index (χ3n) is 17.7. The lowest BCUT2D eigenvalue weighted by Crippen LogP contribution is -2.54. The minimum Gasteiger partial charge on any atom is -0.356 e. The SMILES string of the molecule is NC1CCN(c2nc(N3CCC(NC(=O)C(CS(=O)(=O)O)NC(=O)CCCCCNC(=O)CCCC[C@@H]4SC[C@@H]5NC(=O)N[C@@H]54)CC3)nc(N3CCC(NC(=O)C(CS(=O)(=O)O)NC(=O)CCCCCNC(=O)CCCC[C@@H]4SC[C@H]5NC(=O)N[C@@H]45)CC3)n2)CC1. The average Bonchev–Trinajstić information content (AvgIpc) is 2.40. The summed E-state index contributed by atoms with van der Waals surface area (Å²) in [6.07, 6.45) is 12.1. The van der Waals surface area contributed by atoms with E-state index in [1.807, 2.05) is 38.2 Å². The van der Waals surface area contributed by atoms with Crippen LogP contribution >= 0.6 is 23.5 Å². The van der Waals surface area contributed by atoms with Crippen LogP contribution in [0.2, 0.25) is 0 Å². The van der Waals surface area contributed by atoms with Crippen LogP contribution in [-0.2, 0) is 49.0 Å². The summed E-state index contributed by atoms with van der Waals surface area (Å²) in [5.74, 6) is -1.78. The quantitative estimate of drug-likeness (QED) is 0.0232. The molecular formula is C56H93N17O14S4. The second-order valence-corrected chi connectivity index (χ2v) is 30.4. The molecule has 7 aliphatic rings. The number of thioether (sulfide) groups is 2. The molecule has 1 aromatic heterocycles. The molecule has 31 nitrogen and oxygen atoms in total. The van der Waals surface area contributed by atoms with Crippen molar-refractivity contribution in [3.63, 3.8) is 0 Å². The Morgan fingerprint density at radius 1 is 0.505 bits per heavy atom. The lowest BCUT2D eigenvalue weighted by atomic mass is 10.0. The van der Waals surface area contributed by atoms with Crippen molar-refractivity contribution in [2.24, 2.45) is 5.73 Å². The number of nitrogens with one attached hydrogen (secondary N) is 10. The van der Waals surface area contributed by atoms with Gasteiger partial charge >= 0.3 is 12.1 Å². The number of amides is 10. The van der Waals surface area contributed by atoms with Gasteiger partial charge in [-0.3, -0.25) is 37.9 Å². The molecule has 35 heteroatoms. The smallest absolute Gasteiger partial charge is 0.315 e. The van der Waals surface area contributed by atoms with Gasteiger partial charge in [0.1, 0.15) is 23.6 Å². The van der Waals surface area contributed by atoms with E-state index in [9.17, 15) is 64.3 Å². The van der Waals surface area contributed by atoms with E-state index < -0.39 is 79.5 Å². The number of rotatable bonds is 35. The third-order valence-corrected chi connectivity index (χ3v) is 22.2. The van der Waals surface area contributed by atoms with Gasteiger partial charge in [-0.25, -0.2) is 9.59 Å². The molecule has 10 amide bonds. The summed E-state index contributed by atoms with van der Waals surface area (Å²) in [6, 6.07) is -3.56. The number of carbonyl (C=O) groups is 8. The molecule has 8 heterocycles. The highest BCUT2D eigenvalue weighted by molar-refractivity contribution is 8.00. The van der Waals surface area contributed by atoms with Gasteiger partial charge in [-0.1, -0.05) is 25.7 Å². The van der Waals surface area contributed by atoms with E-state index in [1.54, 1.807) is 0 Å². The Morgan fingerprint density at radius 2 is 0.857 bits per heavy atom. The molecule has 0 saturated carbocycles. The normalized spacial score (nSPS) is 23.6. The maximum atomic E-state index is 13.6. The molecule has 1 aromatic rings. The Labute approximate surface area is 540 Å². The summed E-state index contributed by atoms with van der Waals surface area (Å²) < 4.78 is 67.6. The first-order chi connectivity index (χ1) is 43.5. The highest BCUT2D eigenvalue weighted by Crippen LogP contribution is 2.35. The predicted molar refractivity (Wildman–Crippen MR) is 344 cm³/mol. The van der Waals surface area contributed by atoms with Crippen LogP contribution in [0.3, 0.4) is 0 Å². The van der Waals surface area contributed by atoms with Crippen LogP contribution in [0.1, 0.15) is 141 Å². The summed E-state index contributed by atoms with van der Waals surface area (Å²) in [6.45, 7) is 3.63. The molecule has 0 aromatic carbocycles. The predicted octanol–water partition coefficient (Wildman–Crippen LogP) is -0.481. The van der Waals surface area contributed by atoms with Gasteiger partial charge in [0, 0.05) is 118 Å². The maximum absolute atomic E-state index is 13.6. The van der Waals surface area contributed by atoms with E-state index in [2.05, 4.69) is 53.2 Å². The Bertz CT molecular complexity index is 2720. The molecule has 7 fully saturated rings. The summed E-state index contributed by atoms with van der Waals surface area (Å²) in [5, 5.41) is 29.0. The van der Waals surface area contributed by atoms with Gasteiger partial charge in [0.15, 0.2) is 0 Å². The minimum absolute atomic E-state index is 0.00465. The first kappa shape index (κ1) is 71.1. The third kappa shape index (κ3) is 23.3. The summed E-state index contributed by atoms with van der Waals surface area (Å²) in [7, 11) is -9.35. The van der Waals surface area contributed by atoms with Crippen molar-refractivity contribution < 1.29 is 64.3 Å². The monoisotopic (exact) mass is 1360 g/mol. The van der Waals surface area contributed by atoms with Gasteiger partial charge in [0.2, 0.25) is 53.3 Å². The second kappa shape index (κ2) is 34.4. The van der Waals surface area contributed by atoms with Crippen molar-refractivity contribution in [3.8, 4) is 0 Å². The number of fused-ring (bicyclic) bond motifs is 2. The van der Waals surface area contributed by atoms with Gasteiger partial charge in [-0.15, -0.1) is 0 Å². The van der Waals surface area contributed by atoms with Crippen molar-refractivity contribution in [3.05, 3.63) is 0 Å².